The number of carbonyl (C=O) groups excluding carboxylic acids is 1. The molecule has 174 valence electrons. The van der Waals surface area contributed by atoms with Gasteiger partial charge in [-0.15, -0.1) is 24.0 Å². The number of para-hydroxylation sites is 1. The van der Waals surface area contributed by atoms with Gasteiger partial charge in [0.1, 0.15) is 19.0 Å². The molecule has 0 aliphatic carbocycles. The highest BCUT2D eigenvalue weighted by Gasteiger charge is 2.25. The van der Waals surface area contributed by atoms with Gasteiger partial charge in [0.25, 0.3) is 0 Å². The van der Waals surface area contributed by atoms with Gasteiger partial charge in [-0.25, -0.2) is 4.98 Å². The number of aromatic nitrogens is 1. The Morgan fingerprint density at radius 3 is 2.66 bits per heavy atom. The molecule has 0 radical (unpaired) electrons. The lowest BCUT2D eigenvalue weighted by atomic mass is 10.2. The van der Waals surface area contributed by atoms with Gasteiger partial charge in [0.15, 0.2) is 5.96 Å². The molecule has 2 N–H and O–H groups in total. The van der Waals surface area contributed by atoms with E-state index in [9.17, 15) is 4.79 Å². The van der Waals surface area contributed by atoms with E-state index in [0.29, 0.717) is 38.0 Å². The van der Waals surface area contributed by atoms with Crippen molar-refractivity contribution in [2.75, 3.05) is 33.4 Å². The summed E-state index contributed by atoms with van der Waals surface area (Å²) in [6.07, 6.45) is 3.26. The van der Waals surface area contributed by atoms with Crippen molar-refractivity contribution in [3.8, 4) is 11.6 Å². The van der Waals surface area contributed by atoms with Crippen LogP contribution in [0.15, 0.2) is 53.7 Å². The van der Waals surface area contributed by atoms with Crippen LogP contribution in [0.4, 0.5) is 0 Å². The van der Waals surface area contributed by atoms with Crippen LogP contribution < -0.4 is 20.1 Å². The number of guanidine groups is 1. The van der Waals surface area contributed by atoms with Crippen molar-refractivity contribution < 1.29 is 14.3 Å². The number of halogens is 1. The molecule has 3 rings (SSSR count). The minimum absolute atomic E-state index is 0. The van der Waals surface area contributed by atoms with E-state index in [1.54, 1.807) is 13.2 Å². The molecule has 1 fully saturated rings. The zero-order chi connectivity index (χ0) is 21.9. The van der Waals surface area contributed by atoms with Crippen LogP contribution in [-0.2, 0) is 11.3 Å². The average Bonchev–Trinajstić information content (AvgIpc) is 3.29. The molecule has 0 saturated carbocycles. The molecule has 2 aromatic rings. The molecule has 1 unspecified atom stereocenters. The van der Waals surface area contributed by atoms with Gasteiger partial charge in [-0.1, -0.05) is 31.2 Å². The van der Waals surface area contributed by atoms with Gasteiger partial charge in [0, 0.05) is 51.4 Å². The van der Waals surface area contributed by atoms with Crippen molar-refractivity contribution in [3.63, 3.8) is 0 Å². The number of hydrogen-bond donors (Lipinski definition) is 2. The Kier molecular flexibility index (Phi) is 11.1. The number of ether oxygens (including phenoxy) is 2. The SMILES string of the molecule is CCC(=O)N1CCC(NC(=NC)NCc2ccc(OCCOc3ccccc3)nc2)C1.I. The van der Waals surface area contributed by atoms with Crippen molar-refractivity contribution in [2.45, 2.75) is 32.4 Å². The first-order valence-electron chi connectivity index (χ1n) is 10.7. The number of nitrogens with zero attached hydrogens (tertiary/aromatic N) is 3. The van der Waals surface area contributed by atoms with Crippen LogP contribution in [0.3, 0.4) is 0 Å². The molecule has 1 amide bonds. The molecule has 8 nitrogen and oxygen atoms in total. The molecule has 1 saturated heterocycles. The average molecular weight is 553 g/mol. The molecule has 32 heavy (non-hydrogen) atoms. The largest absolute Gasteiger partial charge is 0.490 e. The highest BCUT2D eigenvalue weighted by molar-refractivity contribution is 14.0. The summed E-state index contributed by atoms with van der Waals surface area (Å²) in [7, 11) is 1.74. The maximum atomic E-state index is 11.8. The molecule has 2 heterocycles. The summed E-state index contributed by atoms with van der Waals surface area (Å²) in [6.45, 7) is 4.88. The van der Waals surface area contributed by atoms with Crippen molar-refractivity contribution >= 4 is 35.8 Å². The third kappa shape index (κ3) is 8.18. The Bertz CT molecular complexity index is 848. The van der Waals surface area contributed by atoms with E-state index in [-0.39, 0.29) is 35.9 Å². The number of rotatable bonds is 9. The summed E-state index contributed by atoms with van der Waals surface area (Å²) in [4.78, 5) is 22.4. The van der Waals surface area contributed by atoms with Crippen molar-refractivity contribution in [1.29, 1.82) is 0 Å². The fourth-order valence-electron chi connectivity index (χ4n) is 3.33. The predicted octanol–water partition coefficient (Wildman–Crippen LogP) is 2.83. The number of likely N-dealkylation sites (tertiary alicyclic amines) is 1. The minimum atomic E-state index is 0. The summed E-state index contributed by atoms with van der Waals surface area (Å²) < 4.78 is 11.2. The van der Waals surface area contributed by atoms with E-state index in [4.69, 9.17) is 9.47 Å². The van der Waals surface area contributed by atoms with Crippen LogP contribution in [-0.4, -0.2) is 61.1 Å². The predicted molar refractivity (Wildman–Crippen MR) is 136 cm³/mol. The zero-order valence-corrected chi connectivity index (χ0v) is 21.0. The number of carbonyl (C=O) groups is 1. The van der Waals surface area contributed by atoms with Gasteiger partial charge < -0.3 is 25.0 Å². The molecule has 1 aliphatic heterocycles. The van der Waals surface area contributed by atoms with Gasteiger partial charge in [0.2, 0.25) is 11.8 Å². The van der Waals surface area contributed by atoms with E-state index in [1.165, 1.54) is 0 Å². The molecule has 1 aliphatic rings. The van der Waals surface area contributed by atoms with E-state index in [2.05, 4.69) is 20.6 Å². The number of benzene rings is 1. The Hall–Kier alpha value is -2.56. The first-order chi connectivity index (χ1) is 15.2. The summed E-state index contributed by atoms with van der Waals surface area (Å²) >= 11 is 0. The lowest BCUT2D eigenvalue weighted by molar-refractivity contribution is -0.129. The number of hydrogen-bond acceptors (Lipinski definition) is 5. The van der Waals surface area contributed by atoms with E-state index in [1.807, 2.05) is 54.3 Å². The minimum Gasteiger partial charge on any atom is -0.490 e. The number of nitrogens with one attached hydrogen (secondary N) is 2. The van der Waals surface area contributed by atoms with E-state index < -0.39 is 0 Å². The summed E-state index contributed by atoms with van der Waals surface area (Å²) in [6, 6.07) is 13.7. The van der Waals surface area contributed by atoms with Crippen molar-refractivity contribution in [1.82, 2.24) is 20.5 Å². The normalized spacial score (nSPS) is 15.6. The van der Waals surface area contributed by atoms with Gasteiger partial charge in [-0.3, -0.25) is 9.79 Å². The first-order valence-corrected chi connectivity index (χ1v) is 10.7. The molecule has 0 spiro atoms. The fourth-order valence-corrected chi connectivity index (χ4v) is 3.33. The highest BCUT2D eigenvalue weighted by Crippen LogP contribution is 2.11. The number of aliphatic imine (C=N–C) groups is 1. The Labute approximate surface area is 206 Å². The van der Waals surface area contributed by atoms with E-state index >= 15 is 0 Å². The van der Waals surface area contributed by atoms with Gasteiger partial charge in [-0.05, 0) is 24.1 Å². The van der Waals surface area contributed by atoms with Gasteiger partial charge in [0.05, 0.1) is 0 Å². The van der Waals surface area contributed by atoms with Gasteiger partial charge in [-0.2, -0.15) is 0 Å². The summed E-state index contributed by atoms with van der Waals surface area (Å²) in [5.41, 5.74) is 1.02. The zero-order valence-electron chi connectivity index (χ0n) is 18.6. The lowest BCUT2D eigenvalue weighted by Crippen LogP contribution is -2.44. The van der Waals surface area contributed by atoms with Crippen LogP contribution in [0.5, 0.6) is 11.6 Å². The molecule has 1 aromatic heterocycles. The fraction of sp³-hybridized carbons (Fsp3) is 0.435. The van der Waals surface area contributed by atoms with Crippen molar-refractivity contribution in [3.05, 3.63) is 54.2 Å². The number of amides is 1. The standard InChI is InChI=1S/C23H31N5O3.HI/c1-3-22(29)28-12-11-19(17-28)27-23(24-2)26-16-18-9-10-21(25-15-18)31-14-13-30-20-7-5-4-6-8-20;/h4-10,15,19H,3,11-14,16-17H2,1-2H3,(H2,24,26,27);1H. The van der Waals surface area contributed by atoms with E-state index in [0.717, 1.165) is 30.8 Å². The van der Waals surface area contributed by atoms with Crippen LogP contribution in [0.25, 0.3) is 0 Å². The molecule has 1 aromatic carbocycles. The quantitative estimate of drug-likeness (QED) is 0.215. The van der Waals surface area contributed by atoms with Crippen LogP contribution in [0, 0.1) is 0 Å². The van der Waals surface area contributed by atoms with Gasteiger partial charge >= 0.3 is 0 Å². The van der Waals surface area contributed by atoms with Crippen LogP contribution >= 0.6 is 24.0 Å². The topological polar surface area (TPSA) is 88.1 Å². The second-order valence-corrected chi connectivity index (χ2v) is 7.26. The monoisotopic (exact) mass is 553 g/mol. The maximum Gasteiger partial charge on any atom is 0.222 e. The Morgan fingerprint density at radius 2 is 1.97 bits per heavy atom. The van der Waals surface area contributed by atoms with Crippen LogP contribution in [0.1, 0.15) is 25.3 Å². The maximum absolute atomic E-state index is 11.8. The Morgan fingerprint density at radius 1 is 1.19 bits per heavy atom. The second-order valence-electron chi connectivity index (χ2n) is 7.26. The summed E-state index contributed by atoms with van der Waals surface area (Å²) in [5, 5.41) is 6.69. The Balaban J connectivity index is 0.00000363. The molecule has 1 atom stereocenters. The molecular formula is C23H32IN5O3. The number of pyridine rings is 1. The molecule has 0 bridgehead atoms. The third-order valence-electron chi connectivity index (χ3n) is 5.01. The third-order valence-corrected chi connectivity index (χ3v) is 5.01. The molecular weight excluding hydrogens is 521 g/mol. The summed E-state index contributed by atoms with van der Waals surface area (Å²) in [5.74, 6) is 2.31. The molecule has 9 heteroatoms. The first kappa shape index (κ1) is 25.7. The van der Waals surface area contributed by atoms with Crippen molar-refractivity contribution in [2.24, 2.45) is 4.99 Å². The highest BCUT2D eigenvalue weighted by atomic mass is 127. The smallest absolute Gasteiger partial charge is 0.222 e. The lowest BCUT2D eigenvalue weighted by Gasteiger charge is -2.18. The second kappa shape index (κ2) is 13.8. The van der Waals surface area contributed by atoms with Crippen LogP contribution in [0.2, 0.25) is 0 Å².